The number of rotatable bonds is 14. The maximum atomic E-state index is 14.5. The van der Waals surface area contributed by atoms with Crippen molar-refractivity contribution < 1.29 is 22.7 Å². The van der Waals surface area contributed by atoms with Crippen molar-refractivity contribution in [2.45, 2.75) is 37.2 Å². The number of nitrogens with zero attached hydrogens (tertiary/aromatic N) is 2. The zero-order valence-corrected chi connectivity index (χ0v) is 26.3. The molecular weight excluding hydrogens is 598 g/mol. The van der Waals surface area contributed by atoms with Crippen LogP contribution in [0.25, 0.3) is 0 Å². The number of benzene rings is 4. The minimum Gasteiger partial charge on any atom is -0.497 e. The fourth-order valence-corrected chi connectivity index (χ4v) is 6.52. The maximum Gasteiger partial charge on any atom is 0.264 e. The Balaban J connectivity index is 1.81. The van der Waals surface area contributed by atoms with E-state index in [9.17, 15) is 18.0 Å². The molecule has 0 fully saturated rings. The highest BCUT2D eigenvalue weighted by molar-refractivity contribution is 7.92. The van der Waals surface area contributed by atoms with Gasteiger partial charge in [-0.2, -0.15) is 0 Å². The first-order valence-corrected chi connectivity index (χ1v) is 16.1. The fraction of sp³-hybridized carbons (Fsp3) is 0.235. The lowest BCUT2D eigenvalue weighted by atomic mass is 10.0. The van der Waals surface area contributed by atoms with Crippen LogP contribution < -0.4 is 14.4 Å². The zero-order valence-electron chi connectivity index (χ0n) is 24.7. The van der Waals surface area contributed by atoms with Crippen molar-refractivity contribution in [1.29, 1.82) is 0 Å². The summed E-state index contributed by atoms with van der Waals surface area (Å²) < 4.78 is 34.5. The second-order valence-corrected chi connectivity index (χ2v) is 12.4. The Kier molecular flexibility index (Phi) is 11.4. The molecule has 0 saturated carbocycles. The summed E-state index contributed by atoms with van der Waals surface area (Å²) in [6, 6.07) is 30.0. The van der Waals surface area contributed by atoms with Gasteiger partial charge in [0.2, 0.25) is 11.8 Å². The van der Waals surface area contributed by atoms with Gasteiger partial charge in [0.05, 0.1) is 22.7 Å². The van der Waals surface area contributed by atoms with Crippen LogP contribution in [0.3, 0.4) is 0 Å². The highest BCUT2D eigenvalue weighted by Crippen LogP contribution is 2.31. The second-order valence-electron chi connectivity index (χ2n) is 10.1. The molecule has 2 amide bonds. The molecule has 0 heterocycles. The summed E-state index contributed by atoms with van der Waals surface area (Å²) in [6.45, 7) is 1.83. The third kappa shape index (κ3) is 8.18. The number of methoxy groups -OCH3 is 1. The number of halogens is 1. The Morgan fingerprint density at radius 3 is 2.16 bits per heavy atom. The van der Waals surface area contributed by atoms with Crippen molar-refractivity contribution in [2.75, 3.05) is 24.5 Å². The van der Waals surface area contributed by atoms with E-state index in [1.165, 1.54) is 17.0 Å². The van der Waals surface area contributed by atoms with E-state index < -0.39 is 28.5 Å². The van der Waals surface area contributed by atoms with Gasteiger partial charge in [-0.3, -0.25) is 13.9 Å². The van der Waals surface area contributed by atoms with Crippen molar-refractivity contribution in [2.24, 2.45) is 0 Å². The largest absolute Gasteiger partial charge is 0.497 e. The number of nitrogens with one attached hydrogen (secondary N) is 1. The minimum absolute atomic E-state index is 0.00795. The molecule has 1 atom stereocenters. The van der Waals surface area contributed by atoms with Gasteiger partial charge in [-0.25, -0.2) is 8.42 Å². The first kappa shape index (κ1) is 32.6. The smallest absolute Gasteiger partial charge is 0.264 e. The van der Waals surface area contributed by atoms with E-state index in [4.69, 9.17) is 16.3 Å². The predicted octanol–water partition coefficient (Wildman–Crippen LogP) is 5.71. The molecule has 10 heteroatoms. The first-order valence-electron chi connectivity index (χ1n) is 14.3. The van der Waals surface area contributed by atoms with Gasteiger partial charge < -0.3 is 15.0 Å². The summed E-state index contributed by atoms with van der Waals surface area (Å²) in [7, 11) is -2.68. The lowest BCUT2D eigenvalue weighted by molar-refractivity contribution is -0.140. The van der Waals surface area contributed by atoms with Crippen molar-refractivity contribution in [3.05, 3.63) is 125 Å². The molecule has 44 heavy (non-hydrogen) atoms. The molecule has 4 aromatic rings. The van der Waals surface area contributed by atoms with Gasteiger partial charge in [-0.1, -0.05) is 91.3 Å². The number of hydrogen-bond donors (Lipinski definition) is 1. The molecule has 0 aliphatic rings. The van der Waals surface area contributed by atoms with Gasteiger partial charge >= 0.3 is 0 Å². The number of sulfonamides is 1. The molecule has 0 saturated heterocycles. The van der Waals surface area contributed by atoms with Gasteiger partial charge in [-0.15, -0.1) is 0 Å². The van der Waals surface area contributed by atoms with E-state index in [0.717, 1.165) is 9.87 Å². The average molecular weight is 634 g/mol. The third-order valence-electron chi connectivity index (χ3n) is 7.04. The number of para-hydroxylation sites is 1. The Morgan fingerprint density at radius 1 is 0.864 bits per heavy atom. The molecule has 0 aliphatic heterocycles. The van der Waals surface area contributed by atoms with Gasteiger partial charge in [0.15, 0.2) is 0 Å². The maximum absolute atomic E-state index is 14.5. The van der Waals surface area contributed by atoms with E-state index in [0.29, 0.717) is 24.3 Å². The Bertz CT molecular complexity index is 1650. The monoisotopic (exact) mass is 633 g/mol. The topological polar surface area (TPSA) is 96.0 Å². The number of hydrogen-bond acceptors (Lipinski definition) is 5. The lowest BCUT2D eigenvalue weighted by Crippen LogP contribution is -2.53. The van der Waals surface area contributed by atoms with E-state index in [2.05, 4.69) is 5.32 Å². The molecule has 0 unspecified atom stereocenters. The Labute approximate surface area is 264 Å². The number of carbonyl (C=O) groups is 2. The molecule has 230 valence electrons. The second kappa shape index (κ2) is 15.4. The number of anilines is 1. The van der Waals surface area contributed by atoms with Crippen LogP contribution in [0.1, 0.15) is 24.5 Å². The quantitative estimate of drug-likeness (QED) is 0.192. The summed E-state index contributed by atoms with van der Waals surface area (Å²) in [5.41, 5.74) is 1.73. The van der Waals surface area contributed by atoms with Crippen LogP contribution in [-0.4, -0.2) is 51.4 Å². The third-order valence-corrected chi connectivity index (χ3v) is 9.13. The molecule has 0 radical (unpaired) electrons. The molecule has 0 spiro atoms. The summed E-state index contributed by atoms with van der Waals surface area (Å²) in [5.74, 6) is -0.309. The first-order chi connectivity index (χ1) is 21.2. The van der Waals surface area contributed by atoms with Crippen molar-refractivity contribution in [1.82, 2.24) is 10.2 Å². The van der Waals surface area contributed by atoms with Gasteiger partial charge in [-0.05, 0) is 53.9 Å². The highest BCUT2D eigenvalue weighted by Gasteiger charge is 2.35. The van der Waals surface area contributed by atoms with Gasteiger partial charge in [0, 0.05) is 19.5 Å². The standard InChI is InChI=1S/C34H36ClN3O5S/c1-3-21-36-34(40)32(23-26-13-6-4-7-14-26)37(24-27-15-12-16-28(22-27)43-2)33(39)25-38(31-20-11-10-19-30(31)35)44(41,42)29-17-8-5-9-18-29/h4-20,22,32H,3,21,23-25H2,1-2H3,(H,36,40)/t32-/m1/s1. The molecule has 8 nitrogen and oxygen atoms in total. The van der Waals surface area contributed by atoms with Crippen LogP contribution in [0.15, 0.2) is 114 Å². The lowest BCUT2D eigenvalue weighted by Gasteiger charge is -2.34. The minimum atomic E-state index is -4.23. The molecule has 0 aliphatic carbocycles. The number of ether oxygens (including phenoxy) is 1. The Morgan fingerprint density at radius 2 is 1.50 bits per heavy atom. The van der Waals surface area contributed by atoms with Crippen LogP contribution in [-0.2, 0) is 32.6 Å². The average Bonchev–Trinajstić information content (AvgIpc) is 3.05. The summed E-state index contributed by atoms with van der Waals surface area (Å²) in [4.78, 5) is 29.6. The summed E-state index contributed by atoms with van der Waals surface area (Å²) in [5, 5.41) is 3.10. The Hall–Kier alpha value is -4.34. The number of amides is 2. The predicted molar refractivity (Wildman–Crippen MR) is 173 cm³/mol. The highest BCUT2D eigenvalue weighted by atomic mass is 35.5. The molecule has 0 aromatic heterocycles. The van der Waals surface area contributed by atoms with Crippen LogP contribution in [0, 0.1) is 0 Å². The molecular formula is C34H36ClN3O5S. The van der Waals surface area contributed by atoms with Crippen LogP contribution >= 0.6 is 11.6 Å². The van der Waals surface area contributed by atoms with Crippen LogP contribution in [0.2, 0.25) is 5.02 Å². The van der Waals surface area contributed by atoms with Gasteiger partial charge in [0.1, 0.15) is 18.3 Å². The molecule has 4 rings (SSSR count). The molecule has 1 N–H and O–H groups in total. The van der Waals surface area contributed by atoms with Crippen molar-refractivity contribution >= 4 is 39.1 Å². The van der Waals surface area contributed by atoms with E-state index >= 15 is 0 Å². The SMILES string of the molecule is CCCNC(=O)[C@@H](Cc1ccccc1)N(Cc1cccc(OC)c1)C(=O)CN(c1ccccc1Cl)S(=O)(=O)c1ccccc1. The summed E-state index contributed by atoms with van der Waals surface area (Å²) >= 11 is 6.51. The van der Waals surface area contributed by atoms with Gasteiger partial charge in [0.25, 0.3) is 10.0 Å². The van der Waals surface area contributed by atoms with E-state index in [1.54, 1.807) is 67.8 Å². The van der Waals surface area contributed by atoms with Crippen LogP contribution in [0.5, 0.6) is 5.75 Å². The normalized spacial score (nSPS) is 11.8. The summed E-state index contributed by atoms with van der Waals surface area (Å²) in [6.07, 6.45) is 0.937. The fourth-order valence-electron chi connectivity index (χ4n) is 4.77. The molecule has 0 bridgehead atoms. The van der Waals surface area contributed by atoms with Crippen molar-refractivity contribution in [3.8, 4) is 5.75 Å². The van der Waals surface area contributed by atoms with E-state index in [1.807, 2.05) is 43.3 Å². The van der Waals surface area contributed by atoms with Crippen molar-refractivity contribution in [3.63, 3.8) is 0 Å². The van der Waals surface area contributed by atoms with Crippen LogP contribution in [0.4, 0.5) is 5.69 Å². The van der Waals surface area contributed by atoms with E-state index in [-0.39, 0.29) is 34.5 Å². The zero-order chi connectivity index (χ0) is 31.5. The molecule has 4 aromatic carbocycles. The number of carbonyl (C=O) groups excluding carboxylic acids is 2.